The minimum Gasteiger partial charge on any atom is -0.457 e. The largest absolute Gasteiger partial charge is 0.457 e. The van der Waals surface area contributed by atoms with E-state index in [1.807, 2.05) is 77.8 Å². The summed E-state index contributed by atoms with van der Waals surface area (Å²) >= 11 is 0. The molecule has 3 N–H and O–H groups in total. The molecule has 6 rings (SSSR count). The van der Waals surface area contributed by atoms with Crippen molar-refractivity contribution >= 4 is 39.2 Å². The molecule has 3 heterocycles. The molecular formula is C28H25N5O3S2. The number of nitrogens with two attached hydrogens (primary N) is 1. The highest BCUT2D eigenvalue weighted by atomic mass is 33.1. The molecule has 0 saturated carbocycles. The number of benzene rings is 3. The van der Waals surface area contributed by atoms with Gasteiger partial charge in [-0.25, -0.2) is 20.2 Å². The zero-order valence-electron chi connectivity index (χ0n) is 20.3. The molecule has 2 aliphatic heterocycles. The van der Waals surface area contributed by atoms with Crippen LogP contribution >= 0.6 is 21.6 Å². The van der Waals surface area contributed by atoms with Crippen molar-refractivity contribution < 1.29 is 14.3 Å². The molecule has 0 radical (unpaired) electrons. The van der Waals surface area contributed by atoms with Gasteiger partial charge >= 0.3 is 5.97 Å². The number of esters is 1. The number of rotatable bonds is 7. The molecule has 0 spiro atoms. The maximum absolute atomic E-state index is 12.7. The van der Waals surface area contributed by atoms with Crippen molar-refractivity contribution in [2.45, 2.75) is 17.4 Å². The van der Waals surface area contributed by atoms with E-state index in [1.54, 1.807) is 33.7 Å². The van der Waals surface area contributed by atoms with Gasteiger partial charge in [0.15, 0.2) is 5.82 Å². The number of hydrazine groups is 1. The molecule has 10 heteroatoms. The quantitative estimate of drug-likeness (QED) is 0.237. The predicted octanol–water partition coefficient (Wildman–Crippen LogP) is 5.25. The summed E-state index contributed by atoms with van der Waals surface area (Å²) in [7, 11) is 3.43. The van der Waals surface area contributed by atoms with Crippen molar-refractivity contribution in [2.75, 3.05) is 23.0 Å². The third-order valence-corrected chi connectivity index (χ3v) is 9.24. The van der Waals surface area contributed by atoms with Crippen LogP contribution in [-0.4, -0.2) is 39.6 Å². The van der Waals surface area contributed by atoms with Crippen LogP contribution in [0.15, 0.2) is 91.3 Å². The summed E-state index contributed by atoms with van der Waals surface area (Å²) < 4.78 is 11.8. The summed E-state index contributed by atoms with van der Waals surface area (Å²) in [6, 6.07) is 26.4. The fraction of sp³-hybridized carbons (Fsp3) is 0.179. The molecule has 4 aromatic rings. The fourth-order valence-corrected chi connectivity index (χ4v) is 7.50. The van der Waals surface area contributed by atoms with Crippen LogP contribution in [0.5, 0.6) is 11.5 Å². The molecule has 8 nitrogen and oxygen atoms in total. The van der Waals surface area contributed by atoms with Gasteiger partial charge in [-0.15, -0.1) is 0 Å². The number of nitrogens with zero attached hydrogens (tertiary/aromatic N) is 3. The van der Waals surface area contributed by atoms with E-state index in [-0.39, 0.29) is 23.4 Å². The summed E-state index contributed by atoms with van der Waals surface area (Å²) in [6.45, 7) is 0.583. The number of carbonyl (C=O) groups is 1. The Kier molecular flexibility index (Phi) is 7.08. The molecule has 0 bridgehead atoms. The number of anilines is 2. The molecule has 3 atom stereocenters. The van der Waals surface area contributed by atoms with Crippen LogP contribution in [0.4, 0.5) is 11.6 Å². The van der Waals surface area contributed by atoms with Crippen LogP contribution in [-0.2, 0) is 4.74 Å². The van der Waals surface area contributed by atoms with E-state index in [2.05, 4.69) is 15.4 Å². The van der Waals surface area contributed by atoms with Gasteiger partial charge in [-0.3, -0.25) is 5.01 Å². The smallest absolute Gasteiger partial charge is 0.338 e. The van der Waals surface area contributed by atoms with E-state index < -0.39 is 0 Å². The Morgan fingerprint density at radius 1 is 0.974 bits per heavy atom. The third kappa shape index (κ3) is 5.15. The summed E-state index contributed by atoms with van der Waals surface area (Å²) in [6.07, 6.45) is 1.25. The lowest BCUT2D eigenvalue weighted by Crippen LogP contribution is -2.43. The van der Waals surface area contributed by atoms with Crippen molar-refractivity contribution in [3.05, 3.63) is 108 Å². The lowest BCUT2D eigenvalue weighted by atomic mass is 10.0. The van der Waals surface area contributed by atoms with Crippen LogP contribution in [0.3, 0.4) is 0 Å². The SMILES string of the molecule is Nc1ncnc2c1C(c1ccc(Oc3ccccc3)cc1)NN2CC1SSCC1OC(=O)c1ccccc1. The van der Waals surface area contributed by atoms with Gasteiger partial charge in [-0.1, -0.05) is 70.1 Å². The molecule has 0 aliphatic carbocycles. The minimum atomic E-state index is -0.305. The average Bonchev–Trinajstić information content (AvgIpc) is 3.55. The van der Waals surface area contributed by atoms with E-state index in [0.717, 1.165) is 34.2 Å². The average molecular weight is 544 g/mol. The van der Waals surface area contributed by atoms with Crippen molar-refractivity contribution in [3.63, 3.8) is 0 Å². The molecule has 192 valence electrons. The van der Waals surface area contributed by atoms with Gasteiger partial charge < -0.3 is 15.2 Å². The molecule has 3 unspecified atom stereocenters. The second kappa shape index (κ2) is 10.9. The fourth-order valence-electron chi connectivity index (χ4n) is 4.49. The van der Waals surface area contributed by atoms with E-state index in [9.17, 15) is 4.79 Å². The number of ether oxygens (including phenoxy) is 2. The van der Waals surface area contributed by atoms with Crippen LogP contribution in [0, 0.1) is 0 Å². The van der Waals surface area contributed by atoms with Gasteiger partial charge in [0, 0.05) is 5.75 Å². The number of carbonyl (C=O) groups excluding carboxylic acids is 1. The van der Waals surface area contributed by atoms with Crippen molar-refractivity contribution in [2.24, 2.45) is 0 Å². The standard InChI is InChI=1S/C28H25N5O3S2/c29-26-24-25(18-11-13-21(14-12-18)35-20-9-5-2-6-10-20)32-33(27(24)31-17-30-26)15-23-22(16-37-38-23)36-28(34)19-7-3-1-4-8-19/h1-14,17,22-23,25,32H,15-16H2,(H2,29,30,31). The third-order valence-electron chi connectivity index (χ3n) is 6.38. The summed E-state index contributed by atoms with van der Waals surface area (Å²) in [5.74, 6) is 3.11. The van der Waals surface area contributed by atoms with Crippen molar-refractivity contribution in [3.8, 4) is 11.5 Å². The van der Waals surface area contributed by atoms with Gasteiger partial charge in [0.05, 0.1) is 29.0 Å². The Morgan fingerprint density at radius 2 is 1.68 bits per heavy atom. The van der Waals surface area contributed by atoms with Crippen LogP contribution in [0.2, 0.25) is 0 Å². The second-order valence-electron chi connectivity index (χ2n) is 8.88. The number of nitrogens with one attached hydrogen (secondary N) is 1. The van der Waals surface area contributed by atoms with Gasteiger partial charge in [0.25, 0.3) is 0 Å². The number of hydrogen-bond donors (Lipinski definition) is 2. The number of para-hydroxylation sites is 1. The molecule has 0 amide bonds. The molecule has 1 aromatic heterocycles. The zero-order chi connectivity index (χ0) is 25.9. The van der Waals surface area contributed by atoms with Gasteiger partial charge in [-0.2, -0.15) is 0 Å². The topological polar surface area (TPSA) is 103 Å². The first-order valence-electron chi connectivity index (χ1n) is 12.2. The number of nitrogen functional groups attached to an aromatic ring is 1. The Morgan fingerprint density at radius 3 is 2.45 bits per heavy atom. The summed E-state index contributed by atoms with van der Waals surface area (Å²) in [5.41, 5.74) is 12.3. The Hall–Kier alpha value is -3.73. The van der Waals surface area contributed by atoms with Crippen LogP contribution in [0.1, 0.15) is 27.5 Å². The predicted molar refractivity (Wildman–Crippen MR) is 151 cm³/mol. The first-order valence-corrected chi connectivity index (χ1v) is 14.5. The van der Waals surface area contributed by atoms with Crippen molar-refractivity contribution in [1.29, 1.82) is 0 Å². The first-order chi connectivity index (χ1) is 18.7. The summed E-state index contributed by atoms with van der Waals surface area (Å²) in [4.78, 5) is 21.5. The highest BCUT2D eigenvalue weighted by molar-refractivity contribution is 8.77. The highest BCUT2D eigenvalue weighted by Gasteiger charge is 2.39. The minimum absolute atomic E-state index is 0.0459. The van der Waals surface area contributed by atoms with E-state index >= 15 is 0 Å². The van der Waals surface area contributed by atoms with Gasteiger partial charge in [0.1, 0.15) is 29.7 Å². The number of hydrogen-bond acceptors (Lipinski definition) is 10. The monoisotopic (exact) mass is 543 g/mol. The molecule has 1 fully saturated rings. The summed E-state index contributed by atoms with van der Waals surface area (Å²) in [5, 5.41) is 2.05. The lowest BCUT2D eigenvalue weighted by molar-refractivity contribution is 0.0353. The Labute approximate surface area is 228 Å². The molecule has 1 saturated heterocycles. The van der Waals surface area contributed by atoms with Crippen molar-refractivity contribution in [1.82, 2.24) is 15.4 Å². The molecule has 3 aromatic carbocycles. The molecule has 2 aliphatic rings. The van der Waals surface area contributed by atoms with Crippen LogP contribution < -0.4 is 20.9 Å². The Balaban J connectivity index is 1.18. The number of aromatic nitrogens is 2. The number of fused-ring (bicyclic) bond motifs is 1. The van der Waals surface area contributed by atoms with Gasteiger partial charge in [-0.05, 0) is 42.0 Å². The maximum Gasteiger partial charge on any atom is 0.338 e. The zero-order valence-corrected chi connectivity index (χ0v) is 21.9. The molecular weight excluding hydrogens is 518 g/mol. The highest BCUT2D eigenvalue weighted by Crippen LogP contribution is 2.43. The van der Waals surface area contributed by atoms with E-state index in [4.69, 9.17) is 15.2 Å². The maximum atomic E-state index is 12.7. The van der Waals surface area contributed by atoms with Gasteiger partial charge in [0.2, 0.25) is 0 Å². The Bertz CT molecular complexity index is 1410. The van der Waals surface area contributed by atoms with E-state index in [0.29, 0.717) is 17.9 Å². The second-order valence-corrected chi connectivity index (χ2v) is 11.5. The lowest BCUT2D eigenvalue weighted by Gasteiger charge is -2.26. The van der Waals surface area contributed by atoms with Crippen LogP contribution in [0.25, 0.3) is 0 Å². The first kappa shape index (κ1) is 24.6. The normalized spacial score (nSPS) is 20.2. The molecule has 38 heavy (non-hydrogen) atoms. The van der Waals surface area contributed by atoms with E-state index in [1.165, 1.54) is 6.33 Å².